The van der Waals surface area contributed by atoms with Gasteiger partial charge < -0.3 is 4.11 Å². The van der Waals surface area contributed by atoms with Crippen LogP contribution in [0.4, 0.5) is 12.3 Å². The van der Waals surface area contributed by atoms with Crippen LogP contribution < -0.4 is 0 Å². The van der Waals surface area contributed by atoms with Gasteiger partial charge in [0.1, 0.15) is 0 Å². The van der Waals surface area contributed by atoms with Gasteiger partial charge >= 0.3 is 8.74 Å². The van der Waals surface area contributed by atoms with Gasteiger partial charge in [0.25, 0.3) is 0 Å². The van der Waals surface area contributed by atoms with Crippen LogP contribution >= 0.6 is 0 Å². The molecule has 188 valence electrons. The van der Waals surface area contributed by atoms with Gasteiger partial charge in [-0.3, -0.25) is 8.22 Å². The Labute approximate surface area is 196 Å². The van der Waals surface area contributed by atoms with Crippen LogP contribution in [-0.4, -0.2) is 17.1 Å². The quantitative estimate of drug-likeness (QED) is 0.0731. The Morgan fingerprint density at radius 1 is 0.355 bits per heavy atom. The third-order valence-electron chi connectivity index (χ3n) is 6.79. The van der Waals surface area contributed by atoms with Crippen molar-refractivity contribution < 1.29 is 12.3 Å². The molecular formula is C26H55F3Si2. The van der Waals surface area contributed by atoms with Crippen molar-refractivity contribution in [2.45, 2.75) is 167 Å². The zero-order chi connectivity index (χ0) is 23.3. The summed E-state index contributed by atoms with van der Waals surface area (Å²) in [5.41, 5.74) is 0. The zero-order valence-electron chi connectivity index (χ0n) is 21.4. The molecule has 0 rings (SSSR count). The minimum atomic E-state index is -4.22. The van der Waals surface area contributed by atoms with Crippen molar-refractivity contribution in [3.05, 3.63) is 0 Å². The Balaban J connectivity index is 4.37. The molecule has 0 amide bonds. The molecular weight excluding hydrogens is 425 g/mol. The van der Waals surface area contributed by atoms with E-state index in [1.807, 2.05) is 0 Å². The highest BCUT2D eigenvalue weighted by Gasteiger charge is 2.41. The zero-order valence-corrected chi connectivity index (χ0v) is 23.4. The van der Waals surface area contributed by atoms with Crippen LogP contribution in [0.1, 0.15) is 136 Å². The standard InChI is InChI=1S/C26H55F3Si2/c1-4-7-10-13-16-19-22-30(27,23-20-17-14-11-8-5-2)25-26-31(28,29)24-21-18-15-12-9-6-3/h4-26H2,1-3H3. The summed E-state index contributed by atoms with van der Waals surface area (Å²) in [6.45, 7) is 6.58. The maximum Gasteiger partial charge on any atom is 0.424 e. The predicted octanol–water partition coefficient (Wildman–Crippen LogP) is 11.4. The van der Waals surface area contributed by atoms with E-state index in [0.29, 0.717) is 18.5 Å². The molecule has 0 spiro atoms. The van der Waals surface area contributed by atoms with E-state index >= 15 is 4.11 Å². The summed E-state index contributed by atoms with van der Waals surface area (Å²) in [6, 6.07) is 1.53. The summed E-state index contributed by atoms with van der Waals surface area (Å²) in [5, 5.41) is 0. The molecule has 0 aliphatic rings. The Hall–Kier alpha value is 0.224. The second-order valence-electron chi connectivity index (χ2n) is 10.1. The highest BCUT2D eigenvalue weighted by molar-refractivity contribution is 6.76. The van der Waals surface area contributed by atoms with E-state index in [1.54, 1.807) is 0 Å². The first-order valence-corrected chi connectivity index (χ1v) is 18.6. The van der Waals surface area contributed by atoms with Gasteiger partial charge in [-0.05, 0) is 30.2 Å². The van der Waals surface area contributed by atoms with Gasteiger partial charge in [-0.15, -0.1) is 0 Å². The van der Waals surface area contributed by atoms with Crippen molar-refractivity contribution in [2.75, 3.05) is 0 Å². The third-order valence-corrected chi connectivity index (χ3v) is 13.0. The Kier molecular flexibility index (Phi) is 21.0. The van der Waals surface area contributed by atoms with E-state index in [9.17, 15) is 8.22 Å². The lowest BCUT2D eigenvalue weighted by molar-refractivity contribution is 0.556. The molecule has 0 aromatic rings. The van der Waals surface area contributed by atoms with Gasteiger partial charge in [0.15, 0.2) is 0 Å². The smallest absolute Gasteiger partial charge is 0.314 e. The molecule has 0 saturated carbocycles. The van der Waals surface area contributed by atoms with Gasteiger partial charge in [0, 0.05) is 0 Å². The minimum absolute atomic E-state index is 0.0731. The monoisotopic (exact) mass is 480 g/mol. The lowest BCUT2D eigenvalue weighted by Crippen LogP contribution is -2.32. The molecule has 0 unspecified atom stereocenters. The molecule has 5 heteroatoms. The summed E-state index contributed by atoms with van der Waals surface area (Å²) in [5.74, 6) is 0. The van der Waals surface area contributed by atoms with Gasteiger partial charge in [-0.25, -0.2) is 0 Å². The lowest BCUT2D eigenvalue weighted by atomic mass is 10.1. The average molecular weight is 481 g/mol. The van der Waals surface area contributed by atoms with E-state index in [1.165, 1.54) is 70.6 Å². The number of unbranched alkanes of at least 4 members (excludes halogenated alkanes) is 15. The van der Waals surface area contributed by atoms with E-state index in [-0.39, 0.29) is 18.1 Å². The van der Waals surface area contributed by atoms with Crippen molar-refractivity contribution in [3.8, 4) is 0 Å². The molecule has 0 N–H and O–H groups in total. The molecule has 0 aromatic carbocycles. The molecule has 0 aliphatic heterocycles. The highest BCUT2D eigenvalue weighted by atomic mass is 28.4. The predicted molar refractivity (Wildman–Crippen MR) is 139 cm³/mol. The first kappa shape index (κ1) is 31.2. The fourth-order valence-electron chi connectivity index (χ4n) is 4.52. The maximum absolute atomic E-state index is 15.8. The molecule has 0 fully saturated rings. The molecule has 0 saturated heterocycles. The van der Waals surface area contributed by atoms with Gasteiger partial charge in [-0.2, -0.15) is 0 Å². The Bertz CT molecular complexity index is 362. The molecule has 0 bridgehead atoms. The average Bonchev–Trinajstić information content (AvgIpc) is 2.74. The van der Waals surface area contributed by atoms with Gasteiger partial charge in [-0.1, -0.05) is 136 Å². The molecule has 31 heavy (non-hydrogen) atoms. The second kappa shape index (κ2) is 20.8. The third kappa shape index (κ3) is 20.6. The normalized spacial score (nSPS) is 12.6. The van der Waals surface area contributed by atoms with Gasteiger partial charge in [0.2, 0.25) is 8.41 Å². The van der Waals surface area contributed by atoms with Crippen LogP contribution in [0.25, 0.3) is 0 Å². The van der Waals surface area contributed by atoms with Crippen LogP contribution in [0.2, 0.25) is 30.2 Å². The van der Waals surface area contributed by atoms with Crippen molar-refractivity contribution in [3.63, 3.8) is 0 Å². The van der Waals surface area contributed by atoms with E-state index < -0.39 is 17.1 Å². The maximum atomic E-state index is 15.8. The van der Waals surface area contributed by atoms with Crippen molar-refractivity contribution in [1.29, 1.82) is 0 Å². The molecule has 0 aliphatic carbocycles. The SMILES string of the molecule is CCCCCCCC[Si](F)(F)CC[Si](F)(CCCCCCCC)CCCCCCCC. The molecule has 0 heterocycles. The fourth-order valence-corrected chi connectivity index (χ4v) is 11.3. The molecule has 0 aromatic heterocycles. The summed E-state index contributed by atoms with van der Waals surface area (Å²) < 4.78 is 45.0. The number of rotatable bonds is 24. The number of hydrogen-bond donors (Lipinski definition) is 0. The number of hydrogen-bond acceptors (Lipinski definition) is 0. The van der Waals surface area contributed by atoms with E-state index in [4.69, 9.17) is 0 Å². The minimum Gasteiger partial charge on any atom is -0.314 e. The summed E-state index contributed by atoms with van der Waals surface area (Å²) in [7, 11) is -7.22. The fraction of sp³-hybridized carbons (Fsp3) is 1.00. The topological polar surface area (TPSA) is 0 Å². The lowest BCUT2D eigenvalue weighted by Gasteiger charge is -2.24. The summed E-state index contributed by atoms with van der Waals surface area (Å²) >= 11 is 0. The van der Waals surface area contributed by atoms with Gasteiger partial charge in [0.05, 0.1) is 0 Å². The van der Waals surface area contributed by atoms with Crippen molar-refractivity contribution >= 4 is 17.1 Å². The van der Waals surface area contributed by atoms with Crippen LogP contribution in [0.5, 0.6) is 0 Å². The molecule has 0 nitrogen and oxygen atoms in total. The molecule has 0 radical (unpaired) electrons. The second-order valence-corrected chi connectivity index (χ2v) is 16.6. The van der Waals surface area contributed by atoms with Crippen LogP contribution in [0, 0.1) is 0 Å². The first-order valence-electron chi connectivity index (χ1n) is 14.0. The summed E-state index contributed by atoms with van der Waals surface area (Å²) in [6.07, 6.45) is 20.0. The van der Waals surface area contributed by atoms with Crippen LogP contribution in [0.15, 0.2) is 0 Å². The Morgan fingerprint density at radius 3 is 1.06 bits per heavy atom. The Morgan fingerprint density at radius 2 is 0.677 bits per heavy atom. The summed E-state index contributed by atoms with van der Waals surface area (Å²) in [4.78, 5) is 0. The van der Waals surface area contributed by atoms with Crippen LogP contribution in [-0.2, 0) is 0 Å². The van der Waals surface area contributed by atoms with E-state index in [2.05, 4.69) is 20.8 Å². The van der Waals surface area contributed by atoms with Crippen molar-refractivity contribution in [2.24, 2.45) is 0 Å². The van der Waals surface area contributed by atoms with Crippen LogP contribution in [0.3, 0.4) is 0 Å². The first-order chi connectivity index (χ1) is 14.9. The molecule has 0 atom stereocenters. The van der Waals surface area contributed by atoms with Crippen molar-refractivity contribution in [1.82, 2.24) is 0 Å². The number of halogens is 3. The van der Waals surface area contributed by atoms with E-state index in [0.717, 1.165) is 38.5 Å². The largest absolute Gasteiger partial charge is 0.424 e. The highest BCUT2D eigenvalue weighted by Crippen LogP contribution is 2.35.